The Hall–Kier alpha value is -2.67. The molecule has 21 heavy (non-hydrogen) atoms. The summed E-state index contributed by atoms with van der Waals surface area (Å²) in [5, 5.41) is 6.89. The Morgan fingerprint density at radius 1 is 1.33 bits per heavy atom. The molecule has 1 aromatic carbocycles. The first-order valence-electron chi connectivity index (χ1n) is 6.26. The summed E-state index contributed by atoms with van der Waals surface area (Å²) >= 11 is 1.38. The minimum absolute atomic E-state index is 0.159. The number of aryl methyl sites for hydroxylation is 1. The molecule has 0 fully saturated rings. The first-order chi connectivity index (χ1) is 10.1. The summed E-state index contributed by atoms with van der Waals surface area (Å²) in [6.07, 6.45) is 3.09. The summed E-state index contributed by atoms with van der Waals surface area (Å²) in [5.41, 5.74) is 8.00. The van der Waals surface area contributed by atoms with Crippen LogP contribution in [0.15, 0.2) is 43.0 Å². The molecular weight excluding hydrogens is 286 g/mol. The van der Waals surface area contributed by atoms with Crippen molar-refractivity contribution in [3.63, 3.8) is 0 Å². The van der Waals surface area contributed by atoms with E-state index in [0.717, 1.165) is 10.6 Å². The molecule has 3 N–H and O–H groups in total. The predicted octanol–water partition coefficient (Wildman–Crippen LogP) is 2.47. The highest BCUT2D eigenvalue weighted by atomic mass is 32.1. The van der Waals surface area contributed by atoms with Crippen LogP contribution in [0.1, 0.15) is 14.5 Å². The lowest BCUT2D eigenvalue weighted by Crippen LogP contribution is -2.10. The fraction of sp³-hybridized carbons (Fsp3) is 0.0714. The van der Waals surface area contributed by atoms with Crippen molar-refractivity contribution < 1.29 is 4.79 Å². The average Bonchev–Trinajstić information content (AvgIpc) is 3.11. The van der Waals surface area contributed by atoms with Crippen molar-refractivity contribution in [2.45, 2.75) is 6.92 Å². The monoisotopic (exact) mass is 299 g/mol. The molecule has 1 amide bonds. The molecule has 0 atom stereocenters. The van der Waals surface area contributed by atoms with E-state index in [9.17, 15) is 4.79 Å². The molecule has 7 heteroatoms. The summed E-state index contributed by atoms with van der Waals surface area (Å²) in [6, 6.07) is 9.05. The molecule has 0 saturated heterocycles. The van der Waals surface area contributed by atoms with Gasteiger partial charge in [-0.1, -0.05) is 0 Å². The summed E-state index contributed by atoms with van der Waals surface area (Å²) in [5.74, 6) is -0.159. The number of nitrogens with zero attached hydrogens (tertiary/aromatic N) is 3. The van der Waals surface area contributed by atoms with Gasteiger partial charge in [0.1, 0.15) is 12.7 Å². The van der Waals surface area contributed by atoms with E-state index in [-0.39, 0.29) is 5.91 Å². The number of nitrogens with one attached hydrogen (secondary N) is 1. The van der Waals surface area contributed by atoms with Gasteiger partial charge < -0.3 is 11.1 Å². The molecule has 106 valence electrons. The minimum atomic E-state index is -0.159. The van der Waals surface area contributed by atoms with E-state index in [0.29, 0.717) is 16.3 Å². The molecule has 0 bridgehead atoms. The number of carbonyl (C=O) groups is 1. The third-order valence-corrected chi connectivity index (χ3v) is 4.05. The number of benzene rings is 1. The molecule has 0 aliphatic carbocycles. The number of rotatable bonds is 3. The number of hydrogen-bond acceptors (Lipinski definition) is 5. The SMILES string of the molecule is Cc1sc(C(=O)Nc2ccc(-n3cncn3)cc2)cc1N. The van der Waals surface area contributed by atoms with E-state index >= 15 is 0 Å². The van der Waals surface area contributed by atoms with Crippen molar-refractivity contribution in [1.29, 1.82) is 0 Å². The Balaban J connectivity index is 1.74. The van der Waals surface area contributed by atoms with Crippen LogP contribution < -0.4 is 11.1 Å². The van der Waals surface area contributed by atoms with Crippen molar-refractivity contribution >= 4 is 28.6 Å². The van der Waals surface area contributed by atoms with Crippen LogP contribution in [0.5, 0.6) is 0 Å². The van der Waals surface area contributed by atoms with Crippen molar-refractivity contribution in [2.24, 2.45) is 0 Å². The van der Waals surface area contributed by atoms with Gasteiger partial charge in [-0.3, -0.25) is 4.79 Å². The molecule has 0 aliphatic heterocycles. The molecule has 0 aliphatic rings. The fourth-order valence-corrected chi connectivity index (χ4v) is 2.68. The highest BCUT2D eigenvalue weighted by Gasteiger charge is 2.11. The molecule has 6 nitrogen and oxygen atoms in total. The molecule has 0 unspecified atom stereocenters. The Kier molecular flexibility index (Phi) is 3.41. The third-order valence-electron chi connectivity index (χ3n) is 2.99. The summed E-state index contributed by atoms with van der Waals surface area (Å²) < 4.78 is 1.65. The van der Waals surface area contributed by atoms with Gasteiger partial charge in [0, 0.05) is 16.3 Å². The first kappa shape index (κ1) is 13.3. The van der Waals surface area contributed by atoms with Crippen LogP contribution in [-0.4, -0.2) is 20.7 Å². The van der Waals surface area contributed by atoms with Crippen LogP contribution in [-0.2, 0) is 0 Å². The maximum atomic E-state index is 12.1. The largest absolute Gasteiger partial charge is 0.398 e. The number of aromatic nitrogens is 3. The molecule has 3 aromatic rings. The van der Waals surface area contributed by atoms with Crippen LogP contribution in [0, 0.1) is 6.92 Å². The van der Waals surface area contributed by atoms with Gasteiger partial charge in [0.25, 0.3) is 5.91 Å². The summed E-state index contributed by atoms with van der Waals surface area (Å²) in [4.78, 5) is 17.5. The second-order valence-electron chi connectivity index (χ2n) is 4.46. The lowest BCUT2D eigenvalue weighted by atomic mass is 10.2. The molecular formula is C14H13N5OS. The van der Waals surface area contributed by atoms with E-state index in [4.69, 9.17) is 5.73 Å². The molecule has 0 saturated carbocycles. The zero-order valence-electron chi connectivity index (χ0n) is 11.3. The predicted molar refractivity (Wildman–Crippen MR) is 82.8 cm³/mol. The van der Waals surface area contributed by atoms with Crippen LogP contribution >= 0.6 is 11.3 Å². The maximum absolute atomic E-state index is 12.1. The Bertz CT molecular complexity index is 742. The van der Waals surface area contributed by atoms with Crippen LogP contribution in [0.25, 0.3) is 5.69 Å². The van der Waals surface area contributed by atoms with Crippen LogP contribution in [0.2, 0.25) is 0 Å². The molecule has 2 aromatic heterocycles. The van der Waals surface area contributed by atoms with Crippen molar-refractivity contribution in [2.75, 3.05) is 11.1 Å². The average molecular weight is 299 g/mol. The van der Waals surface area contributed by atoms with E-state index in [2.05, 4.69) is 15.4 Å². The quantitative estimate of drug-likeness (QED) is 0.778. The third kappa shape index (κ3) is 2.77. The highest BCUT2D eigenvalue weighted by molar-refractivity contribution is 7.14. The normalized spacial score (nSPS) is 10.5. The van der Waals surface area contributed by atoms with E-state index in [1.54, 1.807) is 17.1 Å². The number of amides is 1. The van der Waals surface area contributed by atoms with E-state index in [1.165, 1.54) is 17.7 Å². The number of anilines is 2. The molecule has 0 radical (unpaired) electrons. The number of hydrogen-bond donors (Lipinski definition) is 2. The second kappa shape index (κ2) is 5.37. The number of nitrogens with two attached hydrogens (primary N) is 1. The Morgan fingerprint density at radius 3 is 2.67 bits per heavy atom. The number of carbonyl (C=O) groups excluding carboxylic acids is 1. The zero-order chi connectivity index (χ0) is 14.8. The van der Waals surface area contributed by atoms with Crippen molar-refractivity contribution in [3.05, 3.63) is 52.7 Å². The number of nitrogen functional groups attached to an aromatic ring is 1. The van der Waals surface area contributed by atoms with Crippen LogP contribution in [0.4, 0.5) is 11.4 Å². The van der Waals surface area contributed by atoms with Gasteiger partial charge in [-0.2, -0.15) is 5.10 Å². The minimum Gasteiger partial charge on any atom is -0.398 e. The molecule has 2 heterocycles. The smallest absolute Gasteiger partial charge is 0.265 e. The lowest BCUT2D eigenvalue weighted by Gasteiger charge is -2.05. The van der Waals surface area contributed by atoms with Gasteiger partial charge in [0.2, 0.25) is 0 Å². The van der Waals surface area contributed by atoms with Gasteiger partial charge in [0.15, 0.2) is 0 Å². The summed E-state index contributed by atoms with van der Waals surface area (Å²) in [6.45, 7) is 1.89. The van der Waals surface area contributed by atoms with Crippen molar-refractivity contribution in [3.8, 4) is 5.69 Å². The zero-order valence-corrected chi connectivity index (χ0v) is 12.1. The van der Waals surface area contributed by atoms with Crippen molar-refractivity contribution in [1.82, 2.24) is 14.8 Å². The maximum Gasteiger partial charge on any atom is 0.265 e. The Morgan fingerprint density at radius 2 is 2.10 bits per heavy atom. The van der Waals surface area contributed by atoms with Crippen LogP contribution in [0.3, 0.4) is 0 Å². The topological polar surface area (TPSA) is 85.8 Å². The standard InChI is InChI=1S/C14H13N5OS/c1-9-12(15)6-13(21-9)14(20)18-10-2-4-11(5-3-10)19-8-16-7-17-19/h2-8H,15H2,1H3,(H,18,20). The highest BCUT2D eigenvalue weighted by Crippen LogP contribution is 2.24. The first-order valence-corrected chi connectivity index (χ1v) is 7.07. The summed E-state index contributed by atoms with van der Waals surface area (Å²) in [7, 11) is 0. The van der Waals surface area contributed by atoms with E-state index in [1.807, 2.05) is 31.2 Å². The van der Waals surface area contributed by atoms with Gasteiger partial charge in [-0.05, 0) is 37.3 Å². The Labute approximate surface area is 125 Å². The van der Waals surface area contributed by atoms with Gasteiger partial charge in [0.05, 0.1) is 10.6 Å². The second-order valence-corrected chi connectivity index (χ2v) is 5.72. The molecule has 3 rings (SSSR count). The number of thiophene rings is 1. The lowest BCUT2D eigenvalue weighted by molar-refractivity contribution is 0.103. The van der Waals surface area contributed by atoms with Gasteiger partial charge in [-0.25, -0.2) is 9.67 Å². The van der Waals surface area contributed by atoms with Gasteiger partial charge in [-0.15, -0.1) is 11.3 Å². The van der Waals surface area contributed by atoms with E-state index < -0.39 is 0 Å². The van der Waals surface area contributed by atoms with Gasteiger partial charge >= 0.3 is 0 Å². The molecule has 0 spiro atoms. The fourth-order valence-electron chi connectivity index (χ4n) is 1.84.